The Bertz CT molecular complexity index is 1120. The molecule has 0 radical (unpaired) electrons. The molecule has 2 aromatic heterocycles. The number of carbonyl (C=O) groups excluding carboxylic acids is 1. The summed E-state index contributed by atoms with van der Waals surface area (Å²) in [5.74, 6) is 0.211. The van der Waals surface area contributed by atoms with Gasteiger partial charge in [0.2, 0.25) is 5.91 Å². The Balaban J connectivity index is 1.71. The molecule has 1 aliphatic carbocycles. The van der Waals surface area contributed by atoms with Crippen LogP contribution >= 0.6 is 34.7 Å². The Morgan fingerprint density at radius 1 is 1.28 bits per heavy atom. The molecule has 0 saturated heterocycles. The number of nitrogens with one attached hydrogen (secondary N) is 1. The van der Waals surface area contributed by atoms with Gasteiger partial charge in [0.1, 0.15) is 4.83 Å². The molecule has 0 aliphatic heterocycles. The van der Waals surface area contributed by atoms with E-state index >= 15 is 0 Å². The maximum atomic E-state index is 13.4. The molecule has 1 fully saturated rings. The molecule has 0 atom stereocenters. The molecule has 0 unspecified atom stereocenters. The van der Waals surface area contributed by atoms with Crippen LogP contribution in [0.3, 0.4) is 0 Å². The van der Waals surface area contributed by atoms with Crippen molar-refractivity contribution in [1.29, 1.82) is 0 Å². The molecule has 0 spiro atoms. The van der Waals surface area contributed by atoms with E-state index in [2.05, 4.69) is 5.32 Å². The third-order valence-electron chi connectivity index (χ3n) is 5.31. The molecule has 4 rings (SSSR count). The number of carbonyl (C=O) groups is 1. The summed E-state index contributed by atoms with van der Waals surface area (Å²) in [6.45, 7) is 3.95. The zero-order chi connectivity index (χ0) is 20.5. The molecule has 1 aliphatic rings. The van der Waals surface area contributed by atoms with Crippen molar-refractivity contribution in [2.24, 2.45) is 0 Å². The van der Waals surface area contributed by atoms with E-state index in [0.29, 0.717) is 26.1 Å². The number of rotatable bonds is 5. The number of halogens is 1. The molecular weight excluding hydrogens is 426 g/mol. The maximum absolute atomic E-state index is 13.4. The summed E-state index contributed by atoms with van der Waals surface area (Å²) in [7, 11) is 0. The van der Waals surface area contributed by atoms with Crippen LogP contribution in [0.1, 0.15) is 36.1 Å². The van der Waals surface area contributed by atoms with Crippen molar-refractivity contribution in [2.75, 3.05) is 5.75 Å². The van der Waals surface area contributed by atoms with Crippen LogP contribution in [-0.2, 0) is 4.79 Å². The summed E-state index contributed by atoms with van der Waals surface area (Å²) >= 11 is 8.84. The smallest absolute Gasteiger partial charge is 0.267 e. The molecule has 1 saturated carbocycles. The lowest BCUT2D eigenvalue weighted by atomic mass is 10.2. The maximum Gasteiger partial charge on any atom is 0.267 e. The van der Waals surface area contributed by atoms with Crippen molar-refractivity contribution in [2.45, 2.75) is 50.7 Å². The lowest BCUT2D eigenvalue weighted by Gasteiger charge is -2.14. The molecule has 1 amide bonds. The molecule has 5 nitrogen and oxygen atoms in total. The highest BCUT2D eigenvalue weighted by atomic mass is 35.5. The van der Waals surface area contributed by atoms with Crippen LogP contribution in [0.5, 0.6) is 0 Å². The first-order valence-corrected chi connectivity index (χ1v) is 11.8. The number of hydrogen-bond donors (Lipinski definition) is 1. The van der Waals surface area contributed by atoms with Crippen molar-refractivity contribution in [1.82, 2.24) is 14.9 Å². The van der Waals surface area contributed by atoms with E-state index in [-0.39, 0.29) is 23.3 Å². The third kappa shape index (κ3) is 4.22. The first-order valence-electron chi connectivity index (χ1n) is 9.65. The predicted octanol–water partition coefficient (Wildman–Crippen LogP) is 4.87. The van der Waals surface area contributed by atoms with E-state index in [0.717, 1.165) is 23.3 Å². The number of thiophene rings is 1. The van der Waals surface area contributed by atoms with Crippen LogP contribution in [0.25, 0.3) is 15.9 Å². The van der Waals surface area contributed by atoms with E-state index in [9.17, 15) is 9.59 Å². The van der Waals surface area contributed by atoms with Crippen LogP contribution in [0.4, 0.5) is 0 Å². The van der Waals surface area contributed by atoms with Crippen molar-refractivity contribution >= 4 is 50.8 Å². The SMILES string of the molecule is Cc1sc2nc(SCC(=O)NC3CCCC3)n(-c3ccc(Cl)cc3)c(=O)c2c1C. The molecule has 3 aromatic rings. The molecule has 2 heterocycles. The lowest BCUT2D eigenvalue weighted by Crippen LogP contribution is -2.34. The molecule has 1 N–H and O–H groups in total. The van der Waals surface area contributed by atoms with Gasteiger partial charge in [0.25, 0.3) is 5.56 Å². The van der Waals surface area contributed by atoms with Gasteiger partial charge in [-0.15, -0.1) is 11.3 Å². The summed E-state index contributed by atoms with van der Waals surface area (Å²) in [6, 6.07) is 7.38. The number of aromatic nitrogens is 2. The van der Waals surface area contributed by atoms with Crippen LogP contribution < -0.4 is 10.9 Å². The molecule has 0 bridgehead atoms. The Labute approximate surface area is 182 Å². The highest BCUT2D eigenvalue weighted by Gasteiger charge is 2.20. The minimum atomic E-state index is -0.113. The number of aryl methyl sites for hydroxylation is 2. The topological polar surface area (TPSA) is 64.0 Å². The monoisotopic (exact) mass is 447 g/mol. The van der Waals surface area contributed by atoms with Gasteiger partial charge >= 0.3 is 0 Å². The van der Waals surface area contributed by atoms with Gasteiger partial charge in [0.15, 0.2) is 5.16 Å². The molecular formula is C21H22ClN3O2S2. The summed E-state index contributed by atoms with van der Waals surface area (Å²) in [5.41, 5.74) is 1.54. The van der Waals surface area contributed by atoms with Gasteiger partial charge < -0.3 is 5.32 Å². The van der Waals surface area contributed by atoms with Crippen LogP contribution in [0, 0.1) is 13.8 Å². The number of amides is 1. The van der Waals surface area contributed by atoms with E-state index < -0.39 is 0 Å². The average molecular weight is 448 g/mol. The van der Waals surface area contributed by atoms with Crippen LogP contribution in [0.2, 0.25) is 5.02 Å². The highest BCUT2D eigenvalue weighted by Crippen LogP contribution is 2.30. The Morgan fingerprint density at radius 2 is 1.97 bits per heavy atom. The quantitative estimate of drug-likeness (QED) is 0.447. The highest BCUT2D eigenvalue weighted by molar-refractivity contribution is 7.99. The van der Waals surface area contributed by atoms with Crippen molar-refractivity contribution in [3.8, 4) is 5.69 Å². The first kappa shape index (κ1) is 20.4. The standard InChI is InChI=1S/C21H22ClN3O2S2/c1-12-13(2)29-19-18(12)20(27)25(16-9-7-14(22)8-10-16)21(24-19)28-11-17(26)23-15-5-3-4-6-15/h7-10,15H,3-6,11H2,1-2H3,(H,23,26). The zero-order valence-corrected chi connectivity index (χ0v) is 18.7. The van der Waals surface area contributed by atoms with Crippen LogP contribution in [0.15, 0.2) is 34.2 Å². The minimum absolute atomic E-state index is 0.0163. The summed E-state index contributed by atoms with van der Waals surface area (Å²) < 4.78 is 1.59. The van der Waals surface area contributed by atoms with Crippen molar-refractivity contribution in [3.05, 3.63) is 50.1 Å². The van der Waals surface area contributed by atoms with Crippen molar-refractivity contribution < 1.29 is 4.79 Å². The van der Waals surface area contributed by atoms with Gasteiger partial charge in [0, 0.05) is 15.9 Å². The molecule has 29 heavy (non-hydrogen) atoms. The van der Waals surface area contributed by atoms with Gasteiger partial charge in [-0.05, 0) is 56.5 Å². The van der Waals surface area contributed by atoms with Gasteiger partial charge in [-0.25, -0.2) is 4.98 Å². The Hall–Kier alpha value is -1.83. The number of thioether (sulfide) groups is 1. The van der Waals surface area contributed by atoms with E-state index in [4.69, 9.17) is 16.6 Å². The predicted molar refractivity (Wildman–Crippen MR) is 121 cm³/mol. The molecule has 152 valence electrons. The number of fused-ring (bicyclic) bond motifs is 1. The molecule has 8 heteroatoms. The van der Waals surface area contributed by atoms with E-state index in [1.807, 2.05) is 13.8 Å². The Kier molecular flexibility index (Phi) is 5.99. The normalized spacial score (nSPS) is 14.6. The van der Waals surface area contributed by atoms with Gasteiger partial charge in [0.05, 0.1) is 16.8 Å². The van der Waals surface area contributed by atoms with E-state index in [1.165, 1.54) is 35.9 Å². The summed E-state index contributed by atoms with van der Waals surface area (Å²) in [4.78, 5) is 32.3. The fourth-order valence-corrected chi connectivity index (χ4v) is 5.68. The van der Waals surface area contributed by atoms with E-state index in [1.54, 1.807) is 28.8 Å². The third-order valence-corrected chi connectivity index (χ3v) is 7.60. The average Bonchev–Trinajstić information content (AvgIpc) is 3.29. The lowest BCUT2D eigenvalue weighted by molar-refractivity contribution is -0.119. The summed E-state index contributed by atoms with van der Waals surface area (Å²) in [6.07, 6.45) is 4.43. The van der Waals surface area contributed by atoms with Gasteiger partial charge in [-0.2, -0.15) is 0 Å². The number of hydrogen-bond acceptors (Lipinski definition) is 5. The number of nitrogens with zero attached hydrogens (tertiary/aromatic N) is 2. The minimum Gasteiger partial charge on any atom is -0.353 e. The summed E-state index contributed by atoms with van der Waals surface area (Å²) in [5, 5.41) is 4.85. The largest absolute Gasteiger partial charge is 0.353 e. The second-order valence-electron chi connectivity index (χ2n) is 7.31. The molecule has 1 aromatic carbocycles. The van der Waals surface area contributed by atoms with Gasteiger partial charge in [-0.3, -0.25) is 14.2 Å². The fraction of sp³-hybridized carbons (Fsp3) is 0.381. The Morgan fingerprint density at radius 3 is 2.66 bits per heavy atom. The first-order chi connectivity index (χ1) is 13.9. The number of benzene rings is 1. The second kappa shape index (κ2) is 8.50. The van der Waals surface area contributed by atoms with Gasteiger partial charge in [-0.1, -0.05) is 36.2 Å². The van der Waals surface area contributed by atoms with Crippen LogP contribution in [-0.4, -0.2) is 27.3 Å². The zero-order valence-electron chi connectivity index (χ0n) is 16.3. The fourth-order valence-electron chi connectivity index (χ4n) is 3.66. The van der Waals surface area contributed by atoms with Crippen molar-refractivity contribution in [3.63, 3.8) is 0 Å². The second-order valence-corrected chi connectivity index (χ2v) is 9.89.